The van der Waals surface area contributed by atoms with E-state index in [2.05, 4.69) is 5.32 Å². The number of carbonyl (C=O) groups is 2. The van der Waals surface area contributed by atoms with Gasteiger partial charge in [0.15, 0.2) is 16.6 Å². The standard InChI is InChI=1S/C20H17ClN2O5S/c1-26-15-9-8-11(16(27-2)17(15)28-3)10-12-18(24)22-20(29)23(19(12)25)14-7-5-4-6-13(14)21/h4-10H,1-3H3,(H,22,24,29)/b12-10-. The average Bonchev–Trinajstić information content (AvgIpc) is 2.71. The van der Waals surface area contributed by atoms with E-state index in [0.717, 1.165) is 0 Å². The van der Waals surface area contributed by atoms with Crippen molar-refractivity contribution in [2.24, 2.45) is 0 Å². The second-order valence-corrected chi connectivity index (χ2v) is 6.63. The number of benzene rings is 2. The van der Waals surface area contributed by atoms with Gasteiger partial charge in [0.25, 0.3) is 11.8 Å². The first-order valence-corrected chi connectivity index (χ1v) is 9.16. The molecule has 2 amide bonds. The lowest BCUT2D eigenvalue weighted by atomic mass is 10.1. The van der Waals surface area contributed by atoms with E-state index in [1.807, 2.05) is 0 Å². The van der Waals surface area contributed by atoms with Crippen LogP contribution in [-0.2, 0) is 9.59 Å². The fraction of sp³-hybridized carbons (Fsp3) is 0.150. The summed E-state index contributed by atoms with van der Waals surface area (Å²) in [5.74, 6) is -0.127. The third-order valence-electron chi connectivity index (χ3n) is 4.23. The zero-order valence-corrected chi connectivity index (χ0v) is 17.4. The second kappa shape index (κ2) is 8.50. The molecule has 0 unspecified atom stereocenters. The normalized spacial score (nSPS) is 15.4. The van der Waals surface area contributed by atoms with E-state index in [1.165, 1.54) is 32.3 Å². The van der Waals surface area contributed by atoms with E-state index < -0.39 is 11.8 Å². The Bertz CT molecular complexity index is 1040. The molecular formula is C20H17ClN2O5S. The minimum Gasteiger partial charge on any atom is -0.493 e. The molecule has 150 valence electrons. The number of hydrogen-bond donors (Lipinski definition) is 1. The molecule has 1 saturated heterocycles. The van der Waals surface area contributed by atoms with Crippen LogP contribution in [0.25, 0.3) is 6.08 Å². The molecule has 1 N–H and O–H groups in total. The van der Waals surface area contributed by atoms with Gasteiger partial charge < -0.3 is 14.2 Å². The Morgan fingerprint density at radius 2 is 1.69 bits per heavy atom. The summed E-state index contributed by atoms with van der Waals surface area (Å²) in [7, 11) is 4.41. The van der Waals surface area contributed by atoms with Crippen molar-refractivity contribution in [1.29, 1.82) is 0 Å². The topological polar surface area (TPSA) is 77.1 Å². The predicted octanol–water partition coefficient (Wildman–Crippen LogP) is 3.20. The van der Waals surface area contributed by atoms with Crippen molar-refractivity contribution in [1.82, 2.24) is 5.32 Å². The minimum absolute atomic E-state index is 0.0514. The van der Waals surface area contributed by atoms with Crippen LogP contribution >= 0.6 is 23.8 Å². The van der Waals surface area contributed by atoms with Gasteiger partial charge in [-0.15, -0.1) is 0 Å². The lowest BCUT2D eigenvalue weighted by Gasteiger charge is -2.29. The van der Waals surface area contributed by atoms with Crippen molar-refractivity contribution in [2.45, 2.75) is 0 Å². The van der Waals surface area contributed by atoms with Crippen LogP contribution in [0.1, 0.15) is 5.56 Å². The first-order valence-electron chi connectivity index (χ1n) is 8.37. The highest BCUT2D eigenvalue weighted by atomic mass is 35.5. The number of carbonyl (C=O) groups excluding carboxylic acids is 2. The zero-order valence-electron chi connectivity index (χ0n) is 15.8. The maximum atomic E-state index is 13.1. The van der Waals surface area contributed by atoms with E-state index in [1.54, 1.807) is 36.4 Å². The third kappa shape index (κ3) is 3.76. The van der Waals surface area contributed by atoms with Crippen LogP contribution in [0, 0.1) is 0 Å². The van der Waals surface area contributed by atoms with Crippen LogP contribution in [-0.4, -0.2) is 38.3 Å². The molecule has 2 aromatic carbocycles. The Hall–Kier alpha value is -3.10. The molecule has 0 atom stereocenters. The Kier molecular flexibility index (Phi) is 6.05. The molecule has 1 aliphatic heterocycles. The molecule has 7 nitrogen and oxygen atoms in total. The number of anilines is 1. The summed E-state index contributed by atoms with van der Waals surface area (Å²) in [6.07, 6.45) is 1.41. The first kappa shape index (κ1) is 20.6. The average molecular weight is 433 g/mol. The number of amides is 2. The number of methoxy groups -OCH3 is 3. The maximum Gasteiger partial charge on any atom is 0.270 e. The number of nitrogens with one attached hydrogen (secondary N) is 1. The van der Waals surface area contributed by atoms with Gasteiger partial charge in [-0.05, 0) is 42.6 Å². The van der Waals surface area contributed by atoms with Gasteiger partial charge in [0.05, 0.1) is 32.0 Å². The van der Waals surface area contributed by atoms with E-state index in [0.29, 0.717) is 33.5 Å². The monoisotopic (exact) mass is 432 g/mol. The highest BCUT2D eigenvalue weighted by Gasteiger charge is 2.35. The summed E-state index contributed by atoms with van der Waals surface area (Å²) in [5, 5.41) is 2.79. The molecule has 1 aliphatic rings. The highest BCUT2D eigenvalue weighted by molar-refractivity contribution is 7.80. The second-order valence-electron chi connectivity index (χ2n) is 5.83. The summed E-state index contributed by atoms with van der Waals surface area (Å²) >= 11 is 11.4. The molecule has 3 rings (SSSR count). The summed E-state index contributed by atoms with van der Waals surface area (Å²) in [6, 6.07) is 10.0. The number of rotatable bonds is 5. The number of hydrogen-bond acceptors (Lipinski definition) is 6. The van der Waals surface area contributed by atoms with Gasteiger partial charge in [0.1, 0.15) is 5.57 Å². The number of ether oxygens (including phenoxy) is 3. The van der Waals surface area contributed by atoms with Crippen molar-refractivity contribution in [2.75, 3.05) is 26.2 Å². The van der Waals surface area contributed by atoms with Gasteiger partial charge in [-0.2, -0.15) is 0 Å². The third-order valence-corrected chi connectivity index (χ3v) is 4.83. The maximum absolute atomic E-state index is 13.1. The van der Waals surface area contributed by atoms with Crippen LogP contribution in [0.3, 0.4) is 0 Å². The number of thiocarbonyl (C=S) groups is 1. The van der Waals surface area contributed by atoms with Crippen molar-refractivity contribution in [3.05, 3.63) is 52.6 Å². The summed E-state index contributed by atoms with van der Waals surface area (Å²) in [5.41, 5.74) is 0.689. The first-order chi connectivity index (χ1) is 13.9. The summed E-state index contributed by atoms with van der Waals surface area (Å²) < 4.78 is 16.0. The zero-order chi connectivity index (χ0) is 21.1. The molecule has 9 heteroatoms. The number of para-hydroxylation sites is 1. The molecule has 0 radical (unpaired) electrons. The van der Waals surface area contributed by atoms with E-state index >= 15 is 0 Å². The lowest BCUT2D eigenvalue weighted by molar-refractivity contribution is -0.122. The Morgan fingerprint density at radius 3 is 2.31 bits per heavy atom. The molecule has 2 aromatic rings. The molecule has 1 heterocycles. The summed E-state index contributed by atoms with van der Waals surface area (Å²) in [4.78, 5) is 26.8. The molecule has 0 aliphatic carbocycles. The van der Waals surface area contributed by atoms with Crippen LogP contribution < -0.4 is 24.4 Å². The summed E-state index contributed by atoms with van der Waals surface area (Å²) in [6.45, 7) is 0. The Balaban J connectivity index is 2.12. The van der Waals surface area contributed by atoms with Crippen molar-refractivity contribution >= 4 is 52.5 Å². The SMILES string of the molecule is COc1ccc(/C=C2/C(=O)NC(=S)N(c3ccccc3Cl)C2=O)c(OC)c1OC. The van der Waals surface area contributed by atoms with E-state index in [4.69, 9.17) is 38.0 Å². The Labute approximate surface area is 177 Å². The molecule has 29 heavy (non-hydrogen) atoms. The van der Waals surface area contributed by atoms with E-state index in [-0.39, 0.29) is 10.7 Å². The van der Waals surface area contributed by atoms with Crippen LogP contribution in [0.5, 0.6) is 17.2 Å². The van der Waals surface area contributed by atoms with Gasteiger partial charge >= 0.3 is 0 Å². The lowest BCUT2D eigenvalue weighted by Crippen LogP contribution is -2.54. The molecular weight excluding hydrogens is 416 g/mol. The highest BCUT2D eigenvalue weighted by Crippen LogP contribution is 2.41. The molecule has 0 spiro atoms. The van der Waals surface area contributed by atoms with Gasteiger partial charge in [0.2, 0.25) is 5.75 Å². The number of nitrogens with zero attached hydrogens (tertiary/aromatic N) is 1. The van der Waals surface area contributed by atoms with Crippen LogP contribution in [0.15, 0.2) is 42.0 Å². The smallest absolute Gasteiger partial charge is 0.270 e. The van der Waals surface area contributed by atoms with Crippen molar-refractivity contribution in [3.8, 4) is 17.2 Å². The minimum atomic E-state index is -0.625. The number of halogens is 1. The van der Waals surface area contributed by atoms with Crippen molar-refractivity contribution in [3.63, 3.8) is 0 Å². The molecule has 0 bridgehead atoms. The van der Waals surface area contributed by atoms with Crippen molar-refractivity contribution < 1.29 is 23.8 Å². The van der Waals surface area contributed by atoms with Gasteiger partial charge in [-0.3, -0.25) is 19.8 Å². The fourth-order valence-corrected chi connectivity index (χ4v) is 3.40. The Morgan fingerprint density at radius 1 is 1.00 bits per heavy atom. The quantitative estimate of drug-likeness (QED) is 0.444. The molecule has 0 saturated carbocycles. The van der Waals surface area contributed by atoms with Crippen LogP contribution in [0.4, 0.5) is 5.69 Å². The van der Waals surface area contributed by atoms with Gasteiger partial charge in [-0.1, -0.05) is 23.7 Å². The van der Waals surface area contributed by atoms with Gasteiger partial charge in [0, 0.05) is 5.56 Å². The van der Waals surface area contributed by atoms with E-state index in [9.17, 15) is 9.59 Å². The predicted molar refractivity (Wildman–Crippen MR) is 114 cm³/mol. The molecule has 1 fully saturated rings. The largest absolute Gasteiger partial charge is 0.493 e. The molecule has 0 aromatic heterocycles. The van der Waals surface area contributed by atoms with Crippen LogP contribution in [0.2, 0.25) is 5.02 Å². The fourth-order valence-electron chi connectivity index (χ4n) is 2.90. The van der Waals surface area contributed by atoms with Gasteiger partial charge in [-0.25, -0.2) is 0 Å².